The first-order valence-electron chi connectivity index (χ1n) is 7.60. The van der Waals surface area contributed by atoms with Crippen LogP contribution in [0.15, 0.2) is 48.7 Å². The SMILES string of the molecule is C[Si](C)(C)C#Cc1c(-c2ccc([N+](=O)[O-])cc2)nc2ccccn12. The average Bonchev–Trinajstić information content (AvgIpc) is 2.91. The maximum Gasteiger partial charge on any atom is 0.269 e. The van der Waals surface area contributed by atoms with Crippen LogP contribution in [0, 0.1) is 21.6 Å². The van der Waals surface area contributed by atoms with Crippen molar-refractivity contribution in [3.05, 3.63) is 64.5 Å². The molecular formula is C18H17N3O2Si. The zero-order valence-electron chi connectivity index (χ0n) is 13.8. The minimum atomic E-state index is -1.54. The first-order chi connectivity index (χ1) is 11.3. The number of nitro benzene ring substituents is 1. The molecule has 2 aromatic heterocycles. The summed E-state index contributed by atoms with van der Waals surface area (Å²) in [5, 5.41) is 10.8. The monoisotopic (exact) mass is 335 g/mol. The minimum absolute atomic E-state index is 0.0669. The second-order valence-corrected chi connectivity index (χ2v) is 11.3. The molecule has 3 rings (SSSR count). The molecule has 0 bridgehead atoms. The van der Waals surface area contributed by atoms with Gasteiger partial charge in [0.15, 0.2) is 0 Å². The Hall–Kier alpha value is -2.91. The fourth-order valence-corrected chi connectivity index (χ4v) is 2.80. The van der Waals surface area contributed by atoms with Crippen LogP contribution < -0.4 is 0 Å². The van der Waals surface area contributed by atoms with Crippen molar-refractivity contribution >= 4 is 19.4 Å². The number of rotatable bonds is 2. The van der Waals surface area contributed by atoms with Crippen molar-refractivity contribution < 1.29 is 4.92 Å². The van der Waals surface area contributed by atoms with E-state index < -0.39 is 13.0 Å². The summed E-state index contributed by atoms with van der Waals surface area (Å²) in [4.78, 5) is 15.1. The normalized spacial score (nSPS) is 11.1. The minimum Gasteiger partial charge on any atom is -0.292 e. The molecule has 0 aliphatic carbocycles. The third-order valence-electron chi connectivity index (χ3n) is 3.44. The van der Waals surface area contributed by atoms with Gasteiger partial charge in [0.05, 0.1) is 4.92 Å². The summed E-state index contributed by atoms with van der Waals surface area (Å²) < 4.78 is 1.96. The van der Waals surface area contributed by atoms with Gasteiger partial charge in [-0.25, -0.2) is 4.98 Å². The van der Waals surface area contributed by atoms with Crippen LogP contribution in [0.5, 0.6) is 0 Å². The number of pyridine rings is 1. The standard InChI is InChI=1S/C18H17N3O2Si/c1-24(2,3)13-11-16-18(19-17-6-4-5-12-20(16)17)14-7-9-15(10-8-14)21(22)23/h4-10,12H,1-3H3. The number of nitro groups is 1. The van der Waals surface area contributed by atoms with Crippen molar-refractivity contribution in [1.29, 1.82) is 0 Å². The molecule has 1 aromatic carbocycles. The number of aromatic nitrogens is 2. The second kappa shape index (κ2) is 5.94. The van der Waals surface area contributed by atoms with Crippen LogP contribution in [0.4, 0.5) is 5.69 Å². The van der Waals surface area contributed by atoms with Gasteiger partial charge in [0, 0.05) is 23.9 Å². The lowest BCUT2D eigenvalue weighted by Crippen LogP contribution is -2.16. The van der Waals surface area contributed by atoms with Gasteiger partial charge < -0.3 is 0 Å². The molecule has 24 heavy (non-hydrogen) atoms. The van der Waals surface area contributed by atoms with Crippen LogP contribution >= 0.6 is 0 Å². The lowest BCUT2D eigenvalue weighted by molar-refractivity contribution is -0.384. The van der Waals surface area contributed by atoms with E-state index in [1.807, 2.05) is 28.8 Å². The third kappa shape index (κ3) is 3.21. The van der Waals surface area contributed by atoms with E-state index in [1.54, 1.807) is 12.1 Å². The molecule has 3 aromatic rings. The number of imidazole rings is 1. The second-order valence-electron chi connectivity index (χ2n) is 6.54. The average molecular weight is 335 g/mol. The molecule has 6 heteroatoms. The highest BCUT2D eigenvalue weighted by atomic mass is 28.3. The van der Waals surface area contributed by atoms with Crippen LogP contribution in [0.1, 0.15) is 5.69 Å². The molecule has 0 amide bonds. The van der Waals surface area contributed by atoms with Gasteiger partial charge in [-0.2, -0.15) is 0 Å². The molecule has 0 fully saturated rings. The number of nitrogens with zero attached hydrogens (tertiary/aromatic N) is 3. The molecule has 0 aliphatic heterocycles. The van der Waals surface area contributed by atoms with Crippen LogP contribution in [-0.2, 0) is 0 Å². The zero-order chi connectivity index (χ0) is 17.3. The fraction of sp³-hybridized carbons (Fsp3) is 0.167. The molecular weight excluding hydrogens is 318 g/mol. The van der Waals surface area contributed by atoms with Crippen molar-refractivity contribution in [1.82, 2.24) is 9.38 Å². The van der Waals surface area contributed by atoms with E-state index in [0.29, 0.717) is 0 Å². The first-order valence-corrected chi connectivity index (χ1v) is 11.1. The number of benzene rings is 1. The van der Waals surface area contributed by atoms with Gasteiger partial charge in [-0.1, -0.05) is 31.6 Å². The molecule has 0 aliphatic rings. The van der Waals surface area contributed by atoms with Crippen molar-refractivity contribution in [3.63, 3.8) is 0 Å². The highest BCUT2D eigenvalue weighted by molar-refractivity contribution is 6.83. The predicted molar refractivity (Wildman–Crippen MR) is 97.5 cm³/mol. The summed E-state index contributed by atoms with van der Waals surface area (Å²) in [5.41, 5.74) is 6.65. The Morgan fingerprint density at radius 2 is 1.83 bits per heavy atom. The van der Waals surface area contributed by atoms with E-state index >= 15 is 0 Å². The van der Waals surface area contributed by atoms with Crippen molar-refractivity contribution in [2.24, 2.45) is 0 Å². The maximum atomic E-state index is 10.8. The molecule has 0 unspecified atom stereocenters. The molecule has 2 heterocycles. The van der Waals surface area contributed by atoms with Crippen molar-refractivity contribution in [2.45, 2.75) is 19.6 Å². The Balaban J connectivity index is 2.19. The van der Waals surface area contributed by atoms with Gasteiger partial charge >= 0.3 is 0 Å². The van der Waals surface area contributed by atoms with Crippen LogP contribution in [0.3, 0.4) is 0 Å². The van der Waals surface area contributed by atoms with Gasteiger partial charge in [0.25, 0.3) is 5.69 Å². The third-order valence-corrected chi connectivity index (χ3v) is 4.31. The van der Waals surface area contributed by atoms with E-state index in [2.05, 4.69) is 36.1 Å². The Morgan fingerprint density at radius 3 is 2.46 bits per heavy atom. The Labute approximate surface area is 141 Å². The number of fused-ring (bicyclic) bond motifs is 1. The van der Waals surface area contributed by atoms with Gasteiger partial charge in [-0.05, 0) is 24.3 Å². The molecule has 0 N–H and O–H groups in total. The van der Waals surface area contributed by atoms with Gasteiger partial charge in [-0.15, -0.1) is 5.54 Å². The van der Waals surface area contributed by atoms with E-state index in [0.717, 1.165) is 22.6 Å². The quantitative estimate of drug-likeness (QED) is 0.306. The summed E-state index contributed by atoms with van der Waals surface area (Å²) in [6, 6.07) is 12.2. The zero-order valence-corrected chi connectivity index (χ0v) is 14.8. The summed E-state index contributed by atoms with van der Waals surface area (Å²) in [5.74, 6) is 3.29. The van der Waals surface area contributed by atoms with Gasteiger partial charge in [0.1, 0.15) is 25.1 Å². The van der Waals surface area contributed by atoms with E-state index in [1.165, 1.54) is 12.1 Å². The van der Waals surface area contributed by atoms with E-state index in [-0.39, 0.29) is 5.69 Å². The van der Waals surface area contributed by atoms with Crippen LogP contribution in [0.2, 0.25) is 19.6 Å². The van der Waals surface area contributed by atoms with Crippen LogP contribution in [0.25, 0.3) is 16.9 Å². The van der Waals surface area contributed by atoms with Crippen molar-refractivity contribution in [3.8, 4) is 22.7 Å². The number of hydrogen-bond donors (Lipinski definition) is 0. The van der Waals surface area contributed by atoms with Gasteiger partial charge in [0.2, 0.25) is 0 Å². The van der Waals surface area contributed by atoms with Gasteiger partial charge in [-0.3, -0.25) is 14.5 Å². The summed E-state index contributed by atoms with van der Waals surface area (Å²) in [7, 11) is -1.54. The lowest BCUT2D eigenvalue weighted by Gasteiger charge is -2.04. The van der Waals surface area contributed by atoms with Crippen LogP contribution in [-0.4, -0.2) is 22.4 Å². The van der Waals surface area contributed by atoms with Crippen molar-refractivity contribution in [2.75, 3.05) is 0 Å². The molecule has 0 saturated carbocycles. The molecule has 0 saturated heterocycles. The summed E-state index contributed by atoms with van der Waals surface area (Å²) in [6.45, 7) is 6.57. The Bertz CT molecular complexity index is 973. The Kier molecular flexibility index (Phi) is 3.95. The topological polar surface area (TPSA) is 60.4 Å². The molecule has 0 spiro atoms. The van der Waals surface area contributed by atoms with E-state index in [9.17, 15) is 10.1 Å². The highest BCUT2D eigenvalue weighted by Crippen LogP contribution is 2.26. The molecule has 120 valence electrons. The molecule has 0 radical (unpaired) electrons. The summed E-state index contributed by atoms with van der Waals surface area (Å²) >= 11 is 0. The maximum absolute atomic E-state index is 10.8. The smallest absolute Gasteiger partial charge is 0.269 e. The molecule has 0 atom stereocenters. The fourth-order valence-electron chi connectivity index (χ4n) is 2.30. The summed E-state index contributed by atoms with van der Waals surface area (Å²) in [6.07, 6.45) is 1.94. The largest absolute Gasteiger partial charge is 0.292 e. The number of non-ortho nitro benzene ring substituents is 1. The lowest BCUT2D eigenvalue weighted by atomic mass is 10.1. The van der Waals surface area contributed by atoms with E-state index in [4.69, 9.17) is 0 Å². The first kappa shape index (κ1) is 16.0. The molecule has 5 nitrogen and oxygen atoms in total. The predicted octanol–water partition coefficient (Wildman–Crippen LogP) is 4.14. The Morgan fingerprint density at radius 1 is 1.12 bits per heavy atom. The number of hydrogen-bond acceptors (Lipinski definition) is 3. The highest BCUT2D eigenvalue weighted by Gasteiger charge is 2.15.